The number of halogens is 1. The molecule has 0 saturated heterocycles. The predicted molar refractivity (Wildman–Crippen MR) is 110 cm³/mol. The van der Waals surface area contributed by atoms with Gasteiger partial charge in [-0.15, -0.1) is 0 Å². The lowest BCUT2D eigenvalue weighted by molar-refractivity contribution is 0.0528. The van der Waals surface area contributed by atoms with Crippen molar-refractivity contribution in [2.24, 2.45) is 0 Å². The molecule has 0 bridgehead atoms. The number of aryl methyl sites for hydroxylation is 1. The highest BCUT2D eigenvalue weighted by Crippen LogP contribution is 2.33. The summed E-state index contributed by atoms with van der Waals surface area (Å²) < 4.78 is 10.7. The average Bonchev–Trinajstić information content (AvgIpc) is 3.47. The highest BCUT2D eigenvalue weighted by molar-refractivity contribution is 7.08. The van der Waals surface area contributed by atoms with E-state index in [0.717, 1.165) is 0 Å². The third-order valence-corrected chi connectivity index (χ3v) is 5.66. The number of amides is 1. The maximum Gasteiger partial charge on any atom is 0.257 e. The van der Waals surface area contributed by atoms with Crippen LogP contribution in [0.25, 0.3) is 11.3 Å². The van der Waals surface area contributed by atoms with E-state index in [1.807, 2.05) is 10.8 Å². The molecule has 0 aliphatic rings. The van der Waals surface area contributed by atoms with Crippen LogP contribution in [0.5, 0.6) is 0 Å². The molecule has 4 rings (SSSR count). The van der Waals surface area contributed by atoms with Gasteiger partial charge in [0.05, 0.1) is 17.8 Å². The topological polar surface area (TPSA) is 88.5 Å². The van der Waals surface area contributed by atoms with Crippen LogP contribution in [0.4, 0.5) is 0 Å². The number of hydrogen-bond acceptors (Lipinski definition) is 6. The highest BCUT2D eigenvalue weighted by atomic mass is 35.5. The van der Waals surface area contributed by atoms with E-state index in [9.17, 15) is 9.90 Å². The van der Waals surface area contributed by atoms with Crippen molar-refractivity contribution in [2.75, 3.05) is 6.54 Å². The second kappa shape index (κ2) is 7.87. The standard InChI is InChI=1S/C21H17ClN2O4S/c1-13-18(19(24-28-13)15-5-2-3-6-16(15)22)20(25)23-12-21(26,14-8-10-29-11-14)17-7-4-9-27-17/h2-11,26H,12H2,1H3,(H,23,25)/t21-/m1/s1. The summed E-state index contributed by atoms with van der Waals surface area (Å²) in [5, 5.41) is 22.2. The smallest absolute Gasteiger partial charge is 0.257 e. The Morgan fingerprint density at radius 3 is 2.79 bits per heavy atom. The minimum absolute atomic E-state index is 0.0946. The number of hydrogen-bond donors (Lipinski definition) is 2. The van der Waals surface area contributed by atoms with Gasteiger partial charge < -0.3 is 19.4 Å². The zero-order valence-electron chi connectivity index (χ0n) is 15.4. The van der Waals surface area contributed by atoms with Gasteiger partial charge in [-0.1, -0.05) is 35.0 Å². The number of nitrogens with zero attached hydrogens (tertiary/aromatic N) is 1. The fourth-order valence-corrected chi connectivity index (χ4v) is 4.07. The lowest BCUT2D eigenvalue weighted by Crippen LogP contribution is -2.41. The predicted octanol–water partition coefficient (Wildman–Crippen LogP) is 4.62. The molecule has 0 aliphatic heterocycles. The molecule has 29 heavy (non-hydrogen) atoms. The van der Waals surface area contributed by atoms with Gasteiger partial charge in [0.15, 0.2) is 5.60 Å². The molecular weight excluding hydrogens is 412 g/mol. The van der Waals surface area contributed by atoms with Crippen LogP contribution in [-0.2, 0) is 5.60 Å². The molecule has 0 radical (unpaired) electrons. The van der Waals surface area contributed by atoms with Crippen LogP contribution >= 0.6 is 22.9 Å². The van der Waals surface area contributed by atoms with Crippen LogP contribution in [0, 0.1) is 6.92 Å². The molecule has 4 aromatic rings. The van der Waals surface area contributed by atoms with E-state index in [0.29, 0.717) is 33.4 Å². The number of carbonyl (C=O) groups is 1. The molecule has 0 fully saturated rings. The number of benzene rings is 1. The first-order chi connectivity index (χ1) is 14.0. The summed E-state index contributed by atoms with van der Waals surface area (Å²) in [6, 6.07) is 12.2. The molecule has 6 nitrogen and oxygen atoms in total. The summed E-state index contributed by atoms with van der Waals surface area (Å²) in [4.78, 5) is 13.0. The first-order valence-corrected chi connectivity index (χ1v) is 10.1. The van der Waals surface area contributed by atoms with Gasteiger partial charge in [0.2, 0.25) is 0 Å². The van der Waals surface area contributed by atoms with Crippen molar-refractivity contribution in [1.82, 2.24) is 10.5 Å². The normalized spacial score (nSPS) is 13.2. The number of carbonyl (C=O) groups excluding carboxylic acids is 1. The van der Waals surface area contributed by atoms with Crippen molar-refractivity contribution in [3.05, 3.63) is 87.2 Å². The molecule has 148 valence electrons. The van der Waals surface area contributed by atoms with E-state index >= 15 is 0 Å². The summed E-state index contributed by atoms with van der Waals surface area (Å²) in [5.74, 6) is 0.262. The zero-order chi connectivity index (χ0) is 20.4. The van der Waals surface area contributed by atoms with E-state index < -0.39 is 11.5 Å². The molecular formula is C21H17ClN2O4S. The Bertz CT molecular complexity index is 1090. The molecule has 3 aromatic heterocycles. The van der Waals surface area contributed by atoms with Crippen LogP contribution in [0.15, 0.2) is 68.4 Å². The minimum atomic E-state index is -1.51. The van der Waals surface area contributed by atoms with Gasteiger partial charge in [0, 0.05) is 11.1 Å². The van der Waals surface area contributed by atoms with E-state index in [4.69, 9.17) is 20.5 Å². The maximum atomic E-state index is 13.0. The number of aliphatic hydroxyl groups is 1. The van der Waals surface area contributed by atoms with Crippen LogP contribution in [-0.4, -0.2) is 22.7 Å². The van der Waals surface area contributed by atoms with Crippen LogP contribution in [0.1, 0.15) is 27.4 Å². The van der Waals surface area contributed by atoms with Gasteiger partial charge in [0.1, 0.15) is 22.8 Å². The molecule has 1 amide bonds. The molecule has 2 N–H and O–H groups in total. The summed E-state index contributed by atoms with van der Waals surface area (Å²) in [5.41, 5.74) is 0.337. The quantitative estimate of drug-likeness (QED) is 0.467. The number of aromatic nitrogens is 1. The Balaban J connectivity index is 1.64. The number of rotatable bonds is 6. The first-order valence-electron chi connectivity index (χ1n) is 8.79. The number of thiophene rings is 1. The molecule has 0 spiro atoms. The number of furan rings is 1. The minimum Gasteiger partial charge on any atom is -0.466 e. The van der Waals surface area contributed by atoms with Crippen molar-refractivity contribution in [2.45, 2.75) is 12.5 Å². The summed E-state index contributed by atoms with van der Waals surface area (Å²) in [7, 11) is 0. The molecule has 1 aromatic carbocycles. The molecule has 0 unspecified atom stereocenters. The van der Waals surface area contributed by atoms with Gasteiger partial charge in [0.25, 0.3) is 5.91 Å². The average molecular weight is 429 g/mol. The van der Waals surface area contributed by atoms with E-state index in [1.165, 1.54) is 17.6 Å². The fourth-order valence-electron chi connectivity index (χ4n) is 3.12. The van der Waals surface area contributed by atoms with Crippen molar-refractivity contribution >= 4 is 28.8 Å². The second-order valence-electron chi connectivity index (χ2n) is 6.47. The van der Waals surface area contributed by atoms with E-state index in [1.54, 1.807) is 49.4 Å². The molecule has 3 heterocycles. The highest BCUT2D eigenvalue weighted by Gasteiger charge is 2.36. The van der Waals surface area contributed by atoms with Crippen molar-refractivity contribution < 1.29 is 18.8 Å². The fraction of sp³-hybridized carbons (Fsp3) is 0.143. The Hall–Kier alpha value is -2.87. The molecule has 8 heteroatoms. The summed E-state index contributed by atoms with van der Waals surface area (Å²) in [6.45, 7) is 1.56. The van der Waals surface area contributed by atoms with Crippen molar-refractivity contribution in [1.29, 1.82) is 0 Å². The van der Waals surface area contributed by atoms with Gasteiger partial charge >= 0.3 is 0 Å². The molecule has 0 aliphatic carbocycles. The molecule has 0 saturated carbocycles. The van der Waals surface area contributed by atoms with Crippen molar-refractivity contribution in [3.8, 4) is 11.3 Å². The van der Waals surface area contributed by atoms with E-state index in [-0.39, 0.29) is 12.1 Å². The van der Waals surface area contributed by atoms with Gasteiger partial charge in [-0.25, -0.2) is 0 Å². The van der Waals surface area contributed by atoms with Gasteiger partial charge in [-0.05, 0) is 41.9 Å². The Morgan fingerprint density at radius 2 is 2.10 bits per heavy atom. The van der Waals surface area contributed by atoms with E-state index in [2.05, 4.69) is 10.5 Å². The van der Waals surface area contributed by atoms with Crippen LogP contribution < -0.4 is 5.32 Å². The molecule has 1 atom stereocenters. The summed E-state index contributed by atoms with van der Waals surface area (Å²) >= 11 is 7.71. The monoisotopic (exact) mass is 428 g/mol. The SMILES string of the molecule is Cc1onc(-c2ccccc2Cl)c1C(=O)NC[C@@](O)(c1ccsc1)c1ccco1. The van der Waals surface area contributed by atoms with Crippen LogP contribution in [0.3, 0.4) is 0 Å². The first kappa shape index (κ1) is 19.4. The Morgan fingerprint density at radius 1 is 1.28 bits per heavy atom. The number of nitrogens with one attached hydrogen (secondary N) is 1. The van der Waals surface area contributed by atoms with Crippen molar-refractivity contribution in [3.63, 3.8) is 0 Å². The van der Waals surface area contributed by atoms with Gasteiger partial charge in [-0.3, -0.25) is 4.79 Å². The third-order valence-electron chi connectivity index (χ3n) is 4.65. The lowest BCUT2D eigenvalue weighted by atomic mass is 9.93. The largest absolute Gasteiger partial charge is 0.466 e. The zero-order valence-corrected chi connectivity index (χ0v) is 17.0. The van der Waals surface area contributed by atoms with Crippen LogP contribution in [0.2, 0.25) is 5.02 Å². The van der Waals surface area contributed by atoms with Gasteiger partial charge in [-0.2, -0.15) is 11.3 Å². The second-order valence-corrected chi connectivity index (χ2v) is 7.66. The summed E-state index contributed by atoms with van der Waals surface area (Å²) in [6.07, 6.45) is 1.48. The third kappa shape index (κ3) is 3.60. The Labute approximate surface area is 175 Å². The lowest BCUT2D eigenvalue weighted by Gasteiger charge is -2.25. The maximum absolute atomic E-state index is 13.0. The Kier molecular flexibility index (Phi) is 5.27.